The van der Waals surface area contributed by atoms with Crippen LogP contribution >= 0.6 is 11.6 Å². The minimum absolute atomic E-state index is 0.140. The number of carbonyl (C=O) groups is 3. The Bertz CT molecular complexity index is 1590. The van der Waals surface area contributed by atoms with Crippen LogP contribution in [0.4, 0.5) is 5.69 Å². The number of aryl methyl sites for hydroxylation is 2. The summed E-state index contributed by atoms with van der Waals surface area (Å²) in [5.74, 6) is -1.55. The Morgan fingerprint density at radius 1 is 1.02 bits per heavy atom. The number of para-hydroxylation sites is 1. The van der Waals surface area contributed by atoms with E-state index in [1.54, 1.807) is 45.0 Å². The number of anilines is 1. The van der Waals surface area contributed by atoms with Crippen LogP contribution in [-0.4, -0.2) is 39.3 Å². The molecular weight excluding hydrogens is 542 g/mol. The van der Waals surface area contributed by atoms with Crippen molar-refractivity contribution in [2.45, 2.75) is 47.5 Å². The van der Waals surface area contributed by atoms with Crippen molar-refractivity contribution >= 4 is 45.9 Å². The van der Waals surface area contributed by atoms with Crippen molar-refractivity contribution in [1.82, 2.24) is 15.1 Å². The SMILES string of the molecule is Cc1ccc(OCCCC(=O)Nc2ccc(Cl)c(C(=O)C(C(=O)Nn3nnc4ccccc43)C(C)(C)C)c2)c(C)c1. The van der Waals surface area contributed by atoms with Gasteiger partial charge in [-0.15, -0.1) is 5.10 Å². The van der Waals surface area contributed by atoms with E-state index in [1.165, 1.54) is 16.9 Å². The number of ketones is 1. The standard InChI is InChI=1S/C31H34ClN5O4/c1-19-12-15-26(20(2)17-19)41-16-8-11-27(38)33-21-13-14-23(32)22(18-21)29(39)28(31(3,4)5)30(40)35-37-25-10-7-6-9-24(25)34-36-37/h6-7,9-10,12-15,17-18,28H,8,11,16H2,1-5H3,(H,33,38)(H,35,40). The number of ether oxygens (including phenoxy) is 1. The summed E-state index contributed by atoms with van der Waals surface area (Å²) < 4.78 is 5.81. The van der Waals surface area contributed by atoms with Gasteiger partial charge in [0.05, 0.1) is 11.6 Å². The number of hydrogen-bond donors (Lipinski definition) is 2. The fraction of sp³-hybridized carbons (Fsp3) is 0.323. The molecule has 9 nitrogen and oxygen atoms in total. The highest BCUT2D eigenvalue weighted by Gasteiger charge is 2.39. The van der Waals surface area contributed by atoms with E-state index in [2.05, 4.69) is 21.1 Å². The highest BCUT2D eigenvalue weighted by molar-refractivity contribution is 6.35. The Morgan fingerprint density at radius 2 is 1.78 bits per heavy atom. The molecule has 0 aliphatic heterocycles. The highest BCUT2D eigenvalue weighted by Crippen LogP contribution is 2.33. The fourth-order valence-corrected chi connectivity index (χ4v) is 4.78. The van der Waals surface area contributed by atoms with Gasteiger partial charge < -0.3 is 10.1 Å². The first-order chi connectivity index (χ1) is 19.4. The van der Waals surface area contributed by atoms with E-state index < -0.39 is 23.0 Å². The van der Waals surface area contributed by atoms with E-state index in [0.29, 0.717) is 29.7 Å². The number of fused-ring (bicyclic) bond motifs is 1. The molecule has 41 heavy (non-hydrogen) atoms. The maximum absolute atomic E-state index is 13.8. The van der Waals surface area contributed by atoms with Gasteiger partial charge in [0, 0.05) is 17.7 Å². The van der Waals surface area contributed by atoms with Crippen LogP contribution in [0.3, 0.4) is 0 Å². The molecule has 1 aromatic heterocycles. The van der Waals surface area contributed by atoms with E-state index in [-0.39, 0.29) is 22.9 Å². The number of rotatable bonds is 10. The molecule has 0 radical (unpaired) electrons. The Labute approximate surface area is 244 Å². The molecule has 4 aromatic rings. The van der Waals surface area contributed by atoms with Gasteiger partial charge in [0.1, 0.15) is 22.7 Å². The molecule has 0 saturated carbocycles. The summed E-state index contributed by atoms with van der Waals surface area (Å²) in [6, 6.07) is 17.8. The Morgan fingerprint density at radius 3 is 2.51 bits per heavy atom. The van der Waals surface area contributed by atoms with Crippen molar-refractivity contribution in [3.05, 3.63) is 82.4 Å². The molecule has 0 aliphatic rings. The number of hydrogen-bond acceptors (Lipinski definition) is 6. The number of benzene rings is 3. The molecule has 1 atom stereocenters. The molecule has 0 spiro atoms. The van der Waals surface area contributed by atoms with Crippen molar-refractivity contribution < 1.29 is 19.1 Å². The van der Waals surface area contributed by atoms with Crippen molar-refractivity contribution in [1.29, 1.82) is 0 Å². The van der Waals surface area contributed by atoms with Crippen molar-refractivity contribution in [2.75, 3.05) is 17.3 Å². The highest BCUT2D eigenvalue weighted by atomic mass is 35.5. The third-order valence-electron chi connectivity index (χ3n) is 6.61. The first-order valence-corrected chi connectivity index (χ1v) is 13.8. The molecule has 0 saturated heterocycles. The minimum Gasteiger partial charge on any atom is -0.493 e. The number of nitrogens with zero attached hydrogens (tertiary/aromatic N) is 3. The number of Topliss-reactive ketones (excluding diaryl/α,β-unsaturated/α-hetero) is 1. The van der Waals surface area contributed by atoms with Gasteiger partial charge >= 0.3 is 0 Å². The molecule has 2 N–H and O–H groups in total. The number of amides is 2. The van der Waals surface area contributed by atoms with E-state index in [4.69, 9.17) is 16.3 Å². The summed E-state index contributed by atoms with van der Waals surface area (Å²) in [6.07, 6.45) is 0.747. The lowest BCUT2D eigenvalue weighted by Crippen LogP contribution is -2.42. The van der Waals surface area contributed by atoms with E-state index in [1.807, 2.05) is 38.1 Å². The summed E-state index contributed by atoms with van der Waals surface area (Å²) >= 11 is 6.42. The van der Waals surface area contributed by atoms with Crippen LogP contribution in [0.15, 0.2) is 60.7 Å². The van der Waals surface area contributed by atoms with Crippen LogP contribution in [0.1, 0.15) is 55.1 Å². The van der Waals surface area contributed by atoms with Gasteiger partial charge in [0.2, 0.25) is 5.91 Å². The third-order valence-corrected chi connectivity index (χ3v) is 6.94. The maximum atomic E-state index is 13.8. The summed E-state index contributed by atoms with van der Waals surface area (Å²) in [7, 11) is 0. The normalized spacial score (nSPS) is 12.1. The second-order valence-electron chi connectivity index (χ2n) is 11.1. The van der Waals surface area contributed by atoms with Crippen LogP contribution in [0.25, 0.3) is 11.0 Å². The maximum Gasteiger partial charge on any atom is 0.251 e. The zero-order chi connectivity index (χ0) is 29.7. The van der Waals surface area contributed by atoms with E-state index in [0.717, 1.165) is 16.9 Å². The quantitative estimate of drug-likeness (QED) is 0.134. The van der Waals surface area contributed by atoms with E-state index >= 15 is 0 Å². The molecule has 10 heteroatoms. The van der Waals surface area contributed by atoms with Gasteiger partial charge in [-0.05, 0) is 72.9 Å². The van der Waals surface area contributed by atoms with Gasteiger partial charge in [-0.2, -0.15) is 4.79 Å². The van der Waals surface area contributed by atoms with Crippen molar-refractivity contribution in [3.63, 3.8) is 0 Å². The molecule has 0 aliphatic carbocycles. The number of nitrogens with one attached hydrogen (secondary N) is 2. The minimum atomic E-state index is -1.10. The van der Waals surface area contributed by atoms with Crippen LogP contribution in [0.2, 0.25) is 5.02 Å². The van der Waals surface area contributed by atoms with Gasteiger partial charge in [-0.3, -0.25) is 14.4 Å². The second-order valence-corrected chi connectivity index (χ2v) is 11.5. The molecule has 1 heterocycles. The Hall–Kier alpha value is -4.24. The molecule has 0 fully saturated rings. The second kappa shape index (κ2) is 12.5. The first-order valence-electron chi connectivity index (χ1n) is 13.4. The zero-order valence-corrected chi connectivity index (χ0v) is 24.6. The molecule has 3 aromatic carbocycles. The fourth-order valence-electron chi connectivity index (χ4n) is 4.57. The van der Waals surface area contributed by atoms with Gasteiger partial charge in [0.25, 0.3) is 5.91 Å². The average Bonchev–Trinajstić information content (AvgIpc) is 3.30. The Balaban J connectivity index is 1.42. The Kier molecular flexibility index (Phi) is 9.08. The molecule has 2 amide bonds. The largest absolute Gasteiger partial charge is 0.493 e. The smallest absolute Gasteiger partial charge is 0.251 e. The lowest BCUT2D eigenvalue weighted by molar-refractivity contribution is -0.122. The number of aromatic nitrogens is 3. The topological polar surface area (TPSA) is 115 Å². The first kappa shape index (κ1) is 29.7. The summed E-state index contributed by atoms with van der Waals surface area (Å²) in [5.41, 5.74) is 5.90. The third kappa shape index (κ3) is 7.29. The molecule has 0 bridgehead atoms. The average molecular weight is 576 g/mol. The van der Waals surface area contributed by atoms with Gasteiger partial charge in [0.15, 0.2) is 5.78 Å². The summed E-state index contributed by atoms with van der Waals surface area (Å²) in [5, 5.41) is 11.0. The van der Waals surface area contributed by atoms with Crippen LogP contribution in [0.5, 0.6) is 5.75 Å². The molecular formula is C31H34ClN5O4. The van der Waals surface area contributed by atoms with Gasteiger partial charge in [-0.25, -0.2) is 5.43 Å². The van der Waals surface area contributed by atoms with Crippen molar-refractivity contribution in [3.8, 4) is 5.75 Å². The van der Waals surface area contributed by atoms with Crippen LogP contribution in [0, 0.1) is 25.2 Å². The number of carbonyl (C=O) groups excluding carboxylic acids is 3. The summed E-state index contributed by atoms with van der Waals surface area (Å²) in [6.45, 7) is 9.80. The van der Waals surface area contributed by atoms with Gasteiger partial charge in [-0.1, -0.05) is 62.2 Å². The molecule has 214 valence electrons. The predicted octanol–water partition coefficient (Wildman–Crippen LogP) is 6.11. The summed E-state index contributed by atoms with van der Waals surface area (Å²) in [4.78, 5) is 41.1. The van der Waals surface area contributed by atoms with Crippen LogP contribution in [-0.2, 0) is 9.59 Å². The van der Waals surface area contributed by atoms with E-state index in [9.17, 15) is 14.4 Å². The van der Waals surface area contributed by atoms with Crippen molar-refractivity contribution in [2.24, 2.45) is 11.3 Å². The lowest BCUT2D eigenvalue weighted by Gasteiger charge is -2.28. The molecule has 4 rings (SSSR count). The zero-order valence-electron chi connectivity index (χ0n) is 23.8. The predicted molar refractivity (Wildman–Crippen MR) is 160 cm³/mol. The number of halogens is 1. The molecule has 1 unspecified atom stereocenters. The lowest BCUT2D eigenvalue weighted by atomic mass is 9.76. The van der Waals surface area contributed by atoms with Crippen LogP contribution < -0.4 is 15.5 Å². The monoisotopic (exact) mass is 575 g/mol.